The molecule has 0 saturated carbocycles. The zero-order valence-corrected chi connectivity index (χ0v) is 18.0. The molecule has 0 heterocycles. The summed E-state index contributed by atoms with van der Waals surface area (Å²) < 4.78 is 0. The molecule has 2 N–H and O–H groups in total. The van der Waals surface area contributed by atoms with Crippen molar-refractivity contribution in [3.8, 4) is 0 Å². The number of ketones is 2. The van der Waals surface area contributed by atoms with Crippen LogP contribution in [0.15, 0.2) is 91.0 Å². The lowest BCUT2D eigenvalue weighted by atomic mass is 9.82. The lowest BCUT2D eigenvalue weighted by Crippen LogP contribution is -2.25. The number of nitrogens with one attached hydrogen (secondary N) is 2. The monoisotopic (exact) mass is 452 g/mol. The molecule has 5 nitrogen and oxygen atoms in total. The van der Waals surface area contributed by atoms with Gasteiger partial charge < -0.3 is 10.6 Å². The van der Waals surface area contributed by atoms with Crippen LogP contribution in [0.5, 0.6) is 0 Å². The van der Waals surface area contributed by atoms with E-state index in [1.807, 2.05) is 6.07 Å². The molecule has 0 bridgehead atoms. The van der Waals surface area contributed by atoms with Gasteiger partial charge in [0.2, 0.25) is 0 Å². The van der Waals surface area contributed by atoms with Crippen LogP contribution in [0.1, 0.15) is 42.2 Å². The van der Waals surface area contributed by atoms with Gasteiger partial charge in [-0.1, -0.05) is 54.1 Å². The number of hydrogen-bond acceptors (Lipinski definition) is 4. The van der Waals surface area contributed by atoms with Crippen molar-refractivity contribution >= 4 is 46.1 Å². The number of amides is 1. The van der Waals surface area contributed by atoms with Crippen LogP contribution in [0, 0.1) is 0 Å². The number of benzene rings is 4. The second-order valence-electron chi connectivity index (χ2n) is 7.57. The molecule has 4 aromatic rings. The van der Waals surface area contributed by atoms with E-state index in [4.69, 9.17) is 11.6 Å². The first kappa shape index (κ1) is 20.7. The van der Waals surface area contributed by atoms with Crippen molar-refractivity contribution in [3.05, 3.63) is 124 Å². The quantitative estimate of drug-likeness (QED) is 0.345. The molecule has 0 spiro atoms. The van der Waals surface area contributed by atoms with Gasteiger partial charge in [-0.2, -0.15) is 0 Å². The van der Waals surface area contributed by atoms with Gasteiger partial charge in [0.05, 0.1) is 22.5 Å². The van der Waals surface area contributed by atoms with E-state index >= 15 is 0 Å². The van der Waals surface area contributed by atoms with Gasteiger partial charge in [-0.15, -0.1) is 0 Å². The molecule has 33 heavy (non-hydrogen) atoms. The van der Waals surface area contributed by atoms with Crippen LogP contribution >= 0.6 is 11.6 Å². The van der Waals surface area contributed by atoms with Crippen molar-refractivity contribution in [2.24, 2.45) is 0 Å². The van der Waals surface area contributed by atoms with E-state index < -0.39 is 0 Å². The maximum atomic E-state index is 13.5. The van der Waals surface area contributed by atoms with Crippen molar-refractivity contribution in [1.29, 1.82) is 0 Å². The van der Waals surface area contributed by atoms with Gasteiger partial charge in [0, 0.05) is 27.4 Å². The zero-order chi connectivity index (χ0) is 22.9. The molecule has 0 aliphatic heterocycles. The van der Waals surface area contributed by atoms with Gasteiger partial charge in [0.25, 0.3) is 5.91 Å². The summed E-state index contributed by atoms with van der Waals surface area (Å²) >= 11 is 5.98. The van der Waals surface area contributed by atoms with Gasteiger partial charge in [-0.3, -0.25) is 14.4 Å². The van der Waals surface area contributed by atoms with E-state index in [1.165, 1.54) is 0 Å². The van der Waals surface area contributed by atoms with E-state index in [0.29, 0.717) is 33.1 Å². The number of carbonyl (C=O) groups is 3. The number of carbonyl (C=O) groups excluding carboxylic acids is 3. The number of fused-ring (bicyclic) bond motifs is 2. The maximum absolute atomic E-state index is 13.5. The summed E-state index contributed by atoms with van der Waals surface area (Å²) in [6.45, 7) is 0. The summed E-state index contributed by atoms with van der Waals surface area (Å²) in [5.41, 5.74) is 2.95. The second kappa shape index (κ2) is 8.37. The second-order valence-corrected chi connectivity index (χ2v) is 8.00. The van der Waals surface area contributed by atoms with Crippen LogP contribution in [0.2, 0.25) is 5.02 Å². The minimum atomic E-state index is -0.365. The highest BCUT2D eigenvalue weighted by Gasteiger charge is 2.34. The number of halogens is 1. The molecule has 1 aliphatic carbocycles. The van der Waals surface area contributed by atoms with Crippen LogP contribution in [0.25, 0.3) is 0 Å². The molecule has 0 fully saturated rings. The molecule has 0 radical (unpaired) electrons. The molecule has 5 rings (SSSR count). The molecule has 0 aromatic heterocycles. The van der Waals surface area contributed by atoms with Crippen molar-refractivity contribution in [2.75, 3.05) is 10.6 Å². The Morgan fingerprint density at radius 1 is 0.636 bits per heavy atom. The lowest BCUT2D eigenvalue weighted by molar-refractivity contribution is 0.0979. The van der Waals surface area contributed by atoms with Crippen LogP contribution in [-0.2, 0) is 0 Å². The van der Waals surface area contributed by atoms with E-state index in [9.17, 15) is 14.4 Å². The Bertz CT molecular complexity index is 1410. The normalized spacial score (nSPS) is 12.0. The Morgan fingerprint density at radius 2 is 1.18 bits per heavy atom. The van der Waals surface area contributed by atoms with Gasteiger partial charge in [0.15, 0.2) is 11.6 Å². The smallest absolute Gasteiger partial charge is 0.255 e. The average Bonchev–Trinajstić information content (AvgIpc) is 2.85. The fourth-order valence-corrected chi connectivity index (χ4v) is 4.03. The van der Waals surface area contributed by atoms with Crippen molar-refractivity contribution in [1.82, 2.24) is 0 Å². The third-order valence-electron chi connectivity index (χ3n) is 5.48. The average molecular weight is 453 g/mol. The Kier molecular flexibility index (Phi) is 5.24. The van der Waals surface area contributed by atoms with Gasteiger partial charge in [-0.05, 0) is 48.5 Å². The molecule has 4 aromatic carbocycles. The summed E-state index contributed by atoms with van der Waals surface area (Å²) in [7, 11) is 0. The van der Waals surface area contributed by atoms with Crippen LogP contribution in [0.4, 0.5) is 17.1 Å². The molecule has 6 heteroatoms. The van der Waals surface area contributed by atoms with Crippen molar-refractivity contribution < 1.29 is 14.4 Å². The highest BCUT2D eigenvalue weighted by molar-refractivity contribution is 6.32. The third-order valence-corrected chi connectivity index (χ3v) is 5.74. The summed E-state index contributed by atoms with van der Waals surface area (Å²) in [5, 5.41) is 6.60. The fraction of sp³-hybridized carbons (Fsp3) is 0. The molecular weight excluding hydrogens is 436 g/mol. The first-order valence-corrected chi connectivity index (χ1v) is 10.6. The fourth-order valence-electron chi connectivity index (χ4n) is 3.90. The molecule has 0 unspecified atom stereocenters. The summed E-state index contributed by atoms with van der Waals surface area (Å²) in [6.07, 6.45) is 0. The summed E-state index contributed by atoms with van der Waals surface area (Å²) in [5.74, 6) is -0.967. The van der Waals surface area contributed by atoms with Gasteiger partial charge in [-0.25, -0.2) is 0 Å². The van der Waals surface area contributed by atoms with E-state index in [2.05, 4.69) is 10.6 Å². The number of anilines is 3. The SMILES string of the molecule is O=C(Nc1ccc(Nc2ccc(Cl)cc2)c2c1C(=O)c1ccccc1C2=O)c1ccccc1. The van der Waals surface area contributed by atoms with Crippen LogP contribution in [0.3, 0.4) is 0 Å². The minimum absolute atomic E-state index is 0.168. The summed E-state index contributed by atoms with van der Waals surface area (Å²) in [6, 6.07) is 25.7. The highest BCUT2D eigenvalue weighted by Crippen LogP contribution is 2.37. The van der Waals surface area contributed by atoms with Gasteiger partial charge in [0.1, 0.15) is 0 Å². The first-order chi connectivity index (χ1) is 16.0. The number of hydrogen-bond donors (Lipinski definition) is 2. The molecule has 0 atom stereocenters. The Balaban J connectivity index is 1.63. The van der Waals surface area contributed by atoms with E-state index in [0.717, 1.165) is 0 Å². The van der Waals surface area contributed by atoms with Crippen LogP contribution in [-0.4, -0.2) is 17.5 Å². The molecule has 160 valence electrons. The molecule has 0 saturated heterocycles. The lowest BCUT2D eigenvalue weighted by Gasteiger charge is -2.23. The standard InChI is InChI=1S/C27H17ClN2O3/c28-17-10-12-18(13-11-17)29-21-14-15-22(30-27(33)16-6-2-1-3-7-16)24-23(21)25(31)19-8-4-5-9-20(19)26(24)32/h1-15,29H,(H,30,33). The molecular formula is C27H17ClN2O3. The highest BCUT2D eigenvalue weighted by atomic mass is 35.5. The number of rotatable bonds is 4. The Labute approximate surface area is 195 Å². The largest absolute Gasteiger partial charge is 0.355 e. The van der Waals surface area contributed by atoms with Crippen molar-refractivity contribution in [2.45, 2.75) is 0 Å². The third kappa shape index (κ3) is 3.79. The predicted molar refractivity (Wildman–Crippen MR) is 129 cm³/mol. The van der Waals surface area contributed by atoms with E-state index in [1.54, 1.807) is 84.9 Å². The summed E-state index contributed by atoms with van der Waals surface area (Å²) in [4.78, 5) is 39.8. The van der Waals surface area contributed by atoms with E-state index in [-0.39, 0.29) is 34.3 Å². The predicted octanol–water partition coefficient (Wildman–Crippen LogP) is 6.11. The first-order valence-electron chi connectivity index (χ1n) is 10.3. The molecule has 1 amide bonds. The Hall–Kier alpha value is -4.22. The van der Waals surface area contributed by atoms with Crippen LogP contribution < -0.4 is 10.6 Å². The molecule has 1 aliphatic rings. The Morgan fingerprint density at radius 3 is 1.82 bits per heavy atom. The topological polar surface area (TPSA) is 75.3 Å². The zero-order valence-electron chi connectivity index (χ0n) is 17.3. The minimum Gasteiger partial charge on any atom is -0.355 e. The van der Waals surface area contributed by atoms with Crippen molar-refractivity contribution in [3.63, 3.8) is 0 Å². The maximum Gasteiger partial charge on any atom is 0.255 e. The van der Waals surface area contributed by atoms with Gasteiger partial charge >= 0.3 is 0 Å².